The Balaban J connectivity index is 2.38. The SMILES string of the molecule is COc1ccc(S(=O)(=O)Nc2cc(N)ccc2Cl)cc1C. The molecule has 2 aromatic rings. The van der Waals surface area contributed by atoms with Crippen molar-refractivity contribution in [2.24, 2.45) is 0 Å². The molecule has 0 saturated heterocycles. The number of ether oxygens (including phenoxy) is 1. The molecule has 7 heteroatoms. The van der Waals surface area contributed by atoms with Crippen LogP contribution in [0.5, 0.6) is 5.75 Å². The molecule has 0 aromatic heterocycles. The average molecular weight is 327 g/mol. The highest BCUT2D eigenvalue weighted by Gasteiger charge is 2.17. The van der Waals surface area contributed by atoms with Crippen LogP contribution in [-0.4, -0.2) is 15.5 Å². The smallest absolute Gasteiger partial charge is 0.261 e. The van der Waals surface area contributed by atoms with E-state index in [0.717, 1.165) is 5.56 Å². The van der Waals surface area contributed by atoms with Gasteiger partial charge in [-0.2, -0.15) is 0 Å². The van der Waals surface area contributed by atoms with E-state index in [1.165, 1.54) is 31.4 Å². The third-order valence-corrected chi connectivity index (χ3v) is 4.60. The second-order valence-electron chi connectivity index (χ2n) is 4.48. The van der Waals surface area contributed by atoms with Crippen LogP contribution >= 0.6 is 11.6 Å². The Kier molecular flexibility index (Phi) is 4.29. The molecule has 0 aliphatic carbocycles. The summed E-state index contributed by atoms with van der Waals surface area (Å²) in [5.74, 6) is 0.621. The molecule has 2 aromatic carbocycles. The molecule has 3 N–H and O–H groups in total. The molecule has 0 unspecified atom stereocenters. The van der Waals surface area contributed by atoms with Gasteiger partial charge in [0.15, 0.2) is 0 Å². The topological polar surface area (TPSA) is 81.4 Å². The molecule has 0 radical (unpaired) electrons. The minimum atomic E-state index is -3.75. The number of hydrogen-bond donors (Lipinski definition) is 2. The molecule has 0 bridgehead atoms. The lowest BCUT2D eigenvalue weighted by molar-refractivity contribution is 0.411. The summed E-state index contributed by atoms with van der Waals surface area (Å²) in [4.78, 5) is 0.124. The predicted octanol–water partition coefficient (Wildman–Crippen LogP) is 3.04. The van der Waals surface area contributed by atoms with Crippen molar-refractivity contribution >= 4 is 33.0 Å². The average Bonchev–Trinajstić information content (AvgIpc) is 2.42. The van der Waals surface area contributed by atoms with Crippen molar-refractivity contribution in [1.82, 2.24) is 0 Å². The monoisotopic (exact) mass is 326 g/mol. The van der Waals surface area contributed by atoms with Gasteiger partial charge in [0.2, 0.25) is 0 Å². The van der Waals surface area contributed by atoms with Gasteiger partial charge in [-0.1, -0.05) is 11.6 Å². The van der Waals surface area contributed by atoms with E-state index in [4.69, 9.17) is 22.1 Å². The molecular formula is C14H15ClN2O3S. The van der Waals surface area contributed by atoms with E-state index in [1.807, 2.05) is 0 Å². The molecule has 21 heavy (non-hydrogen) atoms. The largest absolute Gasteiger partial charge is 0.496 e. The van der Waals surface area contributed by atoms with Crippen LogP contribution in [0.2, 0.25) is 5.02 Å². The van der Waals surface area contributed by atoms with E-state index in [9.17, 15) is 8.42 Å². The van der Waals surface area contributed by atoms with Crippen LogP contribution in [0, 0.1) is 6.92 Å². The highest BCUT2D eigenvalue weighted by atomic mass is 35.5. The minimum absolute atomic E-state index is 0.124. The van der Waals surface area contributed by atoms with Crippen LogP contribution in [0.1, 0.15) is 5.56 Å². The first kappa shape index (κ1) is 15.5. The van der Waals surface area contributed by atoms with Crippen molar-refractivity contribution in [3.63, 3.8) is 0 Å². The molecule has 0 spiro atoms. The predicted molar refractivity (Wildman–Crippen MR) is 84.4 cm³/mol. The summed E-state index contributed by atoms with van der Waals surface area (Å²) in [6.45, 7) is 1.77. The number of aryl methyl sites for hydroxylation is 1. The van der Waals surface area contributed by atoms with Crippen molar-refractivity contribution in [1.29, 1.82) is 0 Å². The standard InChI is InChI=1S/C14H15ClN2O3S/c1-9-7-11(4-6-14(9)20-2)21(18,19)17-13-8-10(16)3-5-12(13)15/h3-8,17H,16H2,1-2H3. The Morgan fingerprint density at radius 2 is 1.90 bits per heavy atom. The third kappa shape index (κ3) is 3.40. The van der Waals surface area contributed by atoms with Crippen molar-refractivity contribution < 1.29 is 13.2 Å². The fourth-order valence-corrected chi connectivity index (χ4v) is 3.22. The number of rotatable bonds is 4. The van der Waals surface area contributed by atoms with E-state index in [0.29, 0.717) is 11.4 Å². The number of nitrogens with one attached hydrogen (secondary N) is 1. The summed E-state index contributed by atoms with van der Waals surface area (Å²) in [6.07, 6.45) is 0. The molecule has 112 valence electrons. The number of anilines is 2. The van der Waals surface area contributed by atoms with Crippen LogP contribution in [0.15, 0.2) is 41.3 Å². The molecule has 0 saturated carbocycles. The Bertz CT molecular complexity index is 776. The van der Waals surface area contributed by atoms with Crippen molar-refractivity contribution in [2.75, 3.05) is 17.6 Å². The van der Waals surface area contributed by atoms with Crippen molar-refractivity contribution in [2.45, 2.75) is 11.8 Å². The molecule has 5 nitrogen and oxygen atoms in total. The van der Waals surface area contributed by atoms with E-state index < -0.39 is 10.0 Å². The Morgan fingerprint density at radius 1 is 1.19 bits per heavy atom. The van der Waals surface area contributed by atoms with Gasteiger partial charge in [-0.05, 0) is 48.9 Å². The van der Waals surface area contributed by atoms with Gasteiger partial charge in [-0.15, -0.1) is 0 Å². The van der Waals surface area contributed by atoms with Crippen LogP contribution in [0.3, 0.4) is 0 Å². The van der Waals surface area contributed by atoms with Crippen LogP contribution < -0.4 is 15.2 Å². The second kappa shape index (κ2) is 5.83. The van der Waals surface area contributed by atoms with E-state index in [1.54, 1.807) is 19.1 Å². The van der Waals surface area contributed by atoms with Gasteiger partial charge in [-0.3, -0.25) is 4.72 Å². The molecule has 0 aliphatic heterocycles. The minimum Gasteiger partial charge on any atom is -0.496 e. The van der Waals surface area contributed by atoms with Gasteiger partial charge in [0.05, 0.1) is 22.7 Å². The summed E-state index contributed by atoms with van der Waals surface area (Å²) in [5, 5.41) is 0.276. The first-order chi connectivity index (χ1) is 9.83. The van der Waals surface area contributed by atoms with Crippen LogP contribution in [0.25, 0.3) is 0 Å². The fraction of sp³-hybridized carbons (Fsp3) is 0.143. The number of sulfonamides is 1. The zero-order valence-corrected chi connectivity index (χ0v) is 13.1. The maximum absolute atomic E-state index is 12.4. The zero-order chi connectivity index (χ0) is 15.6. The maximum Gasteiger partial charge on any atom is 0.261 e. The summed E-state index contributed by atoms with van der Waals surface area (Å²) in [6, 6.07) is 9.20. The summed E-state index contributed by atoms with van der Waals surface area (Å²) in [7, 11) is -2.22. The molecule has 0 amide bonds. The first-order valence-electron chi connectivity index (χ1n) is 6.06. The van der Waals surface area contributed by atoms with Gasteiger partial charge >= 0.3 is 0 Å². The van der Waals surface area contributed by atoms with Gasteiger partial charge in [0, 0.05) is 5.69 Å². The Hall–Kier alpha value is -1.92. The first-order valence-corrected chi connectivity index (χ1v) is 7.92. The molecule has 0 heterocycles. The number of nitrogen functional groups attached to an aromatic ring is 1. The van der Waals surface area contributed by atoms with Gasteiger partial charge in [-0.25, -0.2) is 8.42 Å². The van der Waals surface area contributed by atoms with E-state index >= 15 is 0 Å². The lowest BCUT2D eigenvalue weighted by Gasteiger charge is -2.12. The third-order valence-electron chi connectivity index (χ3n) is 2.91. The lowest BCUT2D eigenvalue weighted by Crippen LogP contribution is -2.13. The number of methoxy groups -OCH3 is 1. The summed E-state index contributed by atoms with van der Waals surface area (Å²) in [5.41, 5.74) is 7.02. The molecule has 0 atom stereocenters. The quantitative estimate of drug-likeness (QED) is 0.846. The normalized spacial score (nSPS) is 11.2. The maximum atomic E-state index is 12.4. The highest BCUT2D eigenvalue weighted by molar-refractivity contribution is 7.92. The molecular weight excluding hydrogens is 312 g/mol. The molecule has 2 rings (SSSR count). The lowest BCUT2D eigenvalue weighted by atomic mass is 10.2. The fourth-order valence-electron chi connectivity index (χ4n) is 1.84. The molecule has 0 aliphatic rings. The Morgan fingerprint density at radius 3 is 2.52 bits per heavy atom. The van der Waals surface area contributed by atoms with Gasteiger partial charge in [0.1, 0.15) is 5.75 Å². The number of halogens is 1. The summed E-state index contributed by atoms with van der Waals surface area (Å²) < 4.78 is 32.3. The number of nitrogens with two attached hydrogens (primary N) is 1. The highest BCUT2D eigenvalue weighted by Crippen LogP contribution is 2.28. The van der Waals surface area contributed by atoms with Crippen LogP contribution in [-0.2, 0) is 10.0 Å². The number of benzene rings is 2. The van der Waals surface area contributed by atoms with Crippen LogP contribution in [0.4, 0.5) is 11.4 Å². The van der Waals surface area contributed by atoms with Crippen molar-refractivity contribution in [3.8, 4) is 5.75 Å². The van der Waals surface area contributed by atoms with Crippen molar-refractivity contribution in [3.05, 3.63) is 47.0 Å². The van der Waals surface area contributed by atoms with Gasteiger partial charge in [0.25, 0.3) is 10.0 Å². The van der Waals surface area contributed by atoms with Gasteiger partial charge < -0.3 is 10.5 Å². The Labute approximate surface area is 128 Å². The summed E-state index contributed by atoms with van der Waals surface area (Å²) >= 11 is 5.97. The molecule has 0 fully saturated rings. The second-order valence-corrected chi connectivity index (χ2v) is 6.57. The van der Waals surface area contributed by atoms with E-state index in [2.05, 4.69) is 4.72 Å². The zero-order valence-electron chi connectivity index (χ0n) is 11.6. The number of hydrogen-bond acceptors (Lipinski definition) is 4. The van der Waals surface area contributed by atoms with E-state index in [-0.39, 0.29) is 15.6 Å².